The first-order valence-corrected chi connectivity index (χ1v) is 8.15. The van der Waals surface area contributed by atoms with Gasteiger partial charge in [0.25, 0.3) is 0 Å². The molecule has 2 aromatic heterocycles. The van der Waals surface area contributed by atoms with Gasteiger partial charge in [-0.3, -0.25) is 0 Å². The Hall–Kier alpha value is -1.13. The molecule has 0 aliphatic heterocycles. The van der Waals surface area contributed by atoms with Crippen LogP contribution in [0.3, 0.4) is 0 Å². The number of fused-ring (bicyclic) bond motifs is 1. The highest BCUT2D eigenvalue weighted by Crippen LogP contribution is 2.19. The molecule has 0 radical (unpaired) electrons. The van der Waals surface area contributed by atoms with Crippen LogP contribution in [-0.2, 0) is 17.7 Å². The van der Waals surface area contributed by atoms with Gasteiger partial charge in [0.05, 0.1) is 6.10 Å². The summed E-state index contributed by atoms with van der Waals surface area (Å²) in [6, 6.07) is 2.00. The van der Waals surface area contributed by atoms with Gasteiger partial charge >= 0.3 is 0 Å². The molecule has 0 fully saturated rings. The molecule has 2 rings (SSSR count). The van der Waals surface area contributed by atoms with Crippen molar-refractivity contribution in [3.05, 3.63) is 23.7 Å². The molecule has 0 bridgehead atoms. The molecule has 21 heavy (non-hydrogen) atoms. The molecule has 4 nitrogen and oxygen atoms in total. The Labute approximate surface area is 131 Å². The van der Waals surface area contributed by atoms with Crippen molar-refractivity contribution in [2.75, 3.05) is 12.5 Å². The van der Waals surface area contributed by atoms with Crippen LogP contribution in [0.1, 0.15) is 38.1 Å². The Bertz CT molecular complexity index is 580. The van der Waals surface area contributed by atoms with Crippen LogP contribution in [0.4, 0.5) is 0 Å². The Kier molecular flexibility index (Phi) is 6.00. The molecule has 0 spiro atoms. The molecule has 5 heteroatoms. The van der Waals surface area contributed by atoms with Crippen molar-refractivity contribution < 1.29 is 4.74 Å². The zero-order valence-electron chi connectivity index (χ0n) is 13.1. The number of halogens is 1. The molecule has 2 heterocycles. The first-order chi connectivity index (χ1) is 10.1. The van der Waals surface area contributed by atoms with Crippen molar-refractivity contribution in [2.24, 2.45) is 0 Å². The smallest absolute Gasteiger partial charge is 0.160 e. The van der Waals surface area contributed by atoms with Gasteiger partial charge in [0.1, 0.15) is 11.3 Å². The maximum atomic E-state index is 5.90. The van der Waals surface area contributed by atoms with Gasteiger partial charge in [0, 0.05) is 31.6 Å². The quantitative estimate of drug-likeness (QED) is 0.551. The number of hydrogen-bond acceptors (Lipinski definition) is 3. The van der Waals surface area contributed by atoms with E-state index in [0.717, 1.165) is 55.0 Å². The predicted octanol–water partition coefficient (Wildman–Crippen LogP) is 3.73. The third-order valence-corrected chi connectivity index (χ3v) is 3.65. The second kappa shape index (κ2) is 7.76. The molecule has 0 saturated carbocycles. The Balaban J connectivity index is 2.09. The molecular weight excluding hydrogens is 286 g/mol. The number of aromatic nitrogens is 3. The molecule has 0 saturated heterocycles. The summed E-state index contributed by atoms with van der Waals surface area (Å²) in [5.41, 5.74) is 3.13. The Morgan fingerprint density at radius 2 is 2.14 bits per heavy atom. The molecule has 0 aliphatic carbocycles. The SMILES string of the molecule is Cc1ccnc2c1nc(CCCl)n2CCCCOC(C)C. The summed E-state index contributed by atoms with van der Waals surface area (Å²) in [6.45, 7) is 7.92. The summed E-state index contributed by atoms with van der Waals surface area (Å²) in [5, 5.41) is 0. The number of alkyl halides is 1. The van der Waals surface area contributed by atoms with Crippen LogP contribution < -0.4 is 0 Å². The summed E-state index contributed by atoms with van der Waals surface area (Å²) in [4.78, 5) is 9.21. The average Bonchev–Trinajstić information content (AvgIpc) is 2.78. The maximum absolute atomic E-state index is 5.90. The lowest BCUT2D eigenvalue weighted by Gasteiger charge is -2.09. The third kappa shape index (κ3) is 4.17. The van der Waals surface area contributed by atoms with E-state index in [0.29, 0.717) is 12.0 Å². The van der Waals surface area contributed by atoms with E-state index in [-0.39, 0.29) is 0 Å². The summed E-state index contributed by atoms with van der Waals surface area (Å²) in [7, 11) is 0. The fraction of sp³-hybridized carbons (Fsp3) is 0.625. The Morgan fingerprint density at radius 3 is 2.86 bits per heavy atom. The van der Waals surface area contributed by atoms with Gasteiger partial charge in [-0.25, -0.2) is 9.97 Å². The van der Waals surface area contributed by atoms with E-state index >= 15 is 0 Å². The highest BCUT2D eigenvalue weighted by atomic mass is 35.5. The number of hydrogen-bond donors (Lipinski definition) is 0. The van der Waals surface area contributed by atoms with Gasteiger partial charge in [0.15, 0.2) is 5.65 Å². The molecule has 0 N–H and O–H groups in total. The first-order valence-electron chi connectivity index (χ1n) is 7.61. The van der Waals surface area contributed by atoms with Crippen LogP contribution in [-0.4, -0.2) is 33.1 Å². The fourth-order valence-electron chi connectivity index (χ4n) is 2.38. The van der Waals surface area contributed by atoms with Gasteiger partial charge in [0.2, 0.25) is 0 Å². The first kappa shape index (κ1) is 16.2. The number of aryl methyl sites for hydroxylation is 3. The minimum atomic E-state index is 0.301. The zero-order chi connectivity index (χ0) is 15.2. The van der Waals surface area contributed by atoms with Crippen molar-refractivity contribution in [1.82, 2.24) is 14.5 Å². The summed E-state index contributed by atoms with van der Waals surface area (Å²) in [5.74, 6) is 1.62. The third-order valence-electron chi connectivity index (χ3n) is 3.46. The highest BCUT2D eigenvalue weighted by molar-refractivity contribution is 6.17. The van der Waals surface area contributed by atoms with Crippen LogP contribution in [0.5, 0.6) is 0 Å². The lowest BCUT2D eigenvalue weighted by Crippen LogP contribution is -2.08. The topological polar surface area (TPSA) is 39.9 Å². The standard InChI is InChI=1S/C16H24ClN3O/c1-12(2)21-11-5-4-10-20-14(6-8-17)19-15-13(3)7-9-18-16(15)20/h7,9,12H,4-6,8,10-11H2,1-3H3. The molecular formula is C16H24ClN3O. The van der Waals surface area contributed by atoms with E-state index in [1.54, 1.807) is 0 Å². The van der Waals surface area contributed by atoms with E-state index in [1.807, 2.05) is 12.3 Å². The molecule has 0 aromatic carbocycles. The Morgan fingerprint density at radius 1 is 1.33 bits per heavy atom. The summed E-state index contributed by atoms with van der Waals surface area (Å²) in [6.07, 6.45) is 5.03. The maximum Gasteiger partial charge on any atom is 0.160 e. The molecule has 0 unspecified atom stereocenters. The molecule has 2 aromatic rings. The monoisotopic (exact) mass is 309 g/mol. The van der Waals surface area contributed by atoms with Crippen LogP contribution in [0.2, 0.25) is 0 Å². The fourth-order valence-corrected chi connectivity index (χ4v) is 2.55. The molecule has 0 atom stereocenters. The van der Waals surface area contributed by atoms with Crippen molar-refractivity contribution in [1.29, 1.82) is 0 Å². The summed E-state index contributed by atoms with van der Waals surface area (Å²) < 4.78 is 7.79. The largest absolute Gasteiger partial charge is 0.379 e. The van der Waals surface area contributed by atoms with E-state index in [2.05, 4.69) is 30.3 Å². The predicted molar refractivity (Wildman–Crippen MR) is 87.0 cm³/mol. The van der Waals surface area contributed by atoms with E-state index in [9.17, 15) is 0 Å². The van der Waals surface area contributed by atoms with Gasteiger partial charge in [-0.15, -0.1) is 11.6 Å². The number of nitrogens with zero attached hydrogens (tertiary/aromatic N) is 3. The van der Waals surface area contributed by atoms with Crippen molar-refractivity contribution in [3.63, 3.8) is 0 Å². The number of pyridine rings is 1. The lowest BCUT2D eigenvalue weighted by atomic mass is 10.2. The second-order valence-corrected chi connectivity index (χ2v) is 5.92. The highest BCUT2D eigenvalue weighted by Gasteiger charge is 2.12. The van der Waals surface area contributed by atoms with Crippen LogP contribution in [0, 0.1) is 6.92 Å². The molecule has 0 aliphatic rings. The number of ether oxygens (including phenoxy) is 1. The van der Waals surface area contributed by atoms with Crippen molar-refractivity contribution in [2.45, 2.75) is 52.7 Å². The van der Waals surface area contributed by atoms with E-state index in [4.69, 9.17) is 21.3 Å². The van der Waals surface area contributed by atoms with Gasteiger partial charge < -0.3 is 9.30 Å². The average molecular weight is 310 g/mol. The minimum Gasteiger partial charge on any atom is -0.379 e. The van der Waals surface area contributed by atoms with Gasteiger partial charge in [-0.1, -0.05) is 0 Å². The lowest BCUT2D eigenvalue weighted by molar-refractivity contribution is 0.0754. The normalized spacial score (nSPS) is 11.7. The van der Waals surface area contributed by atoms with Crippen molar-refractivity contribution >= 4 is 22.8 Å². The molecule has 116 valence electrons. The minimum absolute atomic E-state index is 0.301. The molecule has 0 amide bonds. The number of unbranched alkanes of at least 4 members (excludes halogenated alkanes) is 1. The van der Waals surface area contributed by atoms with Gasteiger partial charge in [-0.2, -0.15) is 0 Å². The summed E-state index contributed by atoms with van der Waals surface area (Å²) >= 11 is 5.90. The van der Waals surface area contributed by atoms with Crippen LogP contribution in [0.15, 0.2) is 12.3 Å². The van der Waals surface area contributed by atoms with E-state index in [1.165, 1.54) is 0 Å². The zero-order valence-corrected chi connectivity index (χ0v) is 13.9. The van der Waals surface area contributed by atoms with Gasteiger partial charge in [-0.05, 0) is 45.2 Å². The van der Waals surface area contributed by atoms with E-state index < -0.39 is 0 Å². The number of rotatable bonds is 8. The van der Waals surface area contributed by atoms with Crippen LogP contribution >= 0.6 is 11.6 Å². The second-order valence-electron chi connectivity index (χ2n) is 5.55. The van der Waals surface area contributed by atoms with Crippen LogP contribution in [0.25, 0.3) is 11.2 Å². The number of imidazole rings is 1. The van der Waals surface area contributed by atoms with Crippen molar-refractivity contribution in [3.8, 4) is 0 Å².